The minimum atomic E-state index is -0.851. The summed E-state index contributed by atoms with van der Waals surface area (Å²) >= 11 is 0. The molecular formula is C20H36O2. The molecule has 0 spiro atoms. The number of hydrogen-bond acceptors (Lipinski definition) is 1. The molecule has 0 aromatic carbocycles. The second-order valence-corrected chi connectivity index (χ2v) is 6.24. The molecule has 0 atom stereocenters. The Balaban J connectivity index is 3.17. The van der Waals surface area contributed by atoms with Crippen LogP contribution in [-0.2, 0) is 4.79 Å². The molecule has 0 fully saturated rings. The summed E-state index contributed by atoms with van der Waals surface area (Å²) < 4.78 is 0. The zero-order chi connectivity index (χ0) is 16.5. The predicted octanol–water partition coefficient (Wildman–Crippen LogP) is 6.66. The van der Waals surface area contributed by atoms with Crippen LogP contribution in [0.4, 0.5) is 0 Å². The van der Waals surface area contributed by atoms with E-state index < -0.39 is 5.97 Å². The normalized spacial score (nSPS) is 11.1. The molecule has 2 heteroatoms. The zero-order valence-corrected chi connectivity index (χ0v) is 14.6. The lowest BCUT2D eigenvalue weighted by atomic mass is 10.1. The first-order chi connectivity index (χ1) is 10.7. The Bertz CT molecular complexity index is 305. The van der Waals surface area contributed by atoms with Crippen LogP contribution >= 0.6 is 0 Å². The first kappa shape index (κ1) is 20.9. The molecule has 22 heavy (non-hydrogen) atoms. The second-order valence-electron chi connectivity index (χ2n) is 6.24. The van der Waals surface area contributed by atoms with Crippen molar-refractivity contribution in [3.05, 3.63) is 24.3 Å². The molecule has 0 saturated heterocycles. The maximum atomic E-state index is 10.6. The highest BCUT2D eigenvalue weighted by Gasteiger charge is 2.02. The third-order valence-corrected chi connectivity index (χ3v) is 4.04. The highest BCUT2D eigenvalue weighted by molar-refractivity contribution is 5.85. The molecule has 0 aromatic rings. The third kappa shape index (κ3) is 15.3. The molecular weight excluding hydrogens is 272 g/mol. The number of carboxylic acid groups (broad SMARTS) is 1. The quantitative estimate of drug-likeness (QED) is 0.196. The molecule has 0 unspecified atom stereocenters. The van der Waals surface area contributed by atoms with Gasteiger partial charge in [0.05, 0.1) is 0 Å². The highest BCUT2D eigenvalue weighted by atomic mass is 16.4. The SMILES string of the molecule is C=C(CCCCCCCC=CCCCCCCCC)C(=O)O. The van der Waals surface area contributed by atoms with Crippen LogP contribution in [0.1, 0.15) is 96.8 Å². The molecule has 0 saturated carbocycles. The van der Waals surface area contributed by atoms with Gasteiger partial charge in [0.15, 0.2) is 0 Å². The van der Waals surface area contributed by atoms with Crippen LogP contribution in [0.25, 0.3) is 0 Å². The van der Waals surface area contributed by atoms with Gasteiger partial charge in [0.2, 0.25) is 0 Å². The Morgan fingerprint density at radius 2 is 1.27 bits per heavy atom. The topological polar surface area (TPSA) is 37.3 Å². The first-order valence-electron chi connectivity index (χ1n) is 9.24. The van der Waals surface area contributed by atoms with E-state index in [1.165, 1.54) is 70.6 Å². The Kier molecular flexibility index (Phi) is 15.5. The molecule has 0 bridgehead atoms. The standard InChI is InChI=1S/C20H36O2/c1-3-4-5-6-7-8-9-10-11-12-13-14-15-16-17-18-19(2)20(21)22/h10-11H,2-9,12-18H2,1H3,(H,21,22). The number of aliphatic carboxylic acids is 1. The van der Waals surface area contributed by atoms with Crippen LogP contribution < -0.4 is 0 Å². The molecule has 0 amide bonds. The summed E-state index contributed by atoms with van der Waals surface area (Å²) in [6, 6.07) is 0. The van der Waals surface area contributed by atoms with Gasteiger partial charge in [0.1, 0.15) is 0 Å². The molecule has 0 aliphatic heterocycles. The molecule has 0 rings (SSSR count). The van der Waals surface area contributed by atoms with Gasteiger partial charge < -0.3 is 5.11 Å². The Labute approximate surface area is 137 Å². The monoisotopic (exact) mass is 308 g/mol. The maximum Gasteiger partial charge on any atom is 0.330 e. The first-order valence-corrected chi connectivity index (χ1v) is 9.24. The van der Waals surface area contributed by atoms with Gasteiger partial charge in [-0.2, -0.15) is 0 Å². The largest absolute Gasteiger partial charge is 0.478 e. The van der Waals surface area contributed by atoms with Crippen LogP contribution in [0, 0.1) is 0 Å². The summed E-state index contributed by atoms with van der Waals surface area (Å²) in [5, 5.41) is 8.69. The molecule has 0 radical (unpaired) electrons. The number of unbranched alkanes of at least 4 members (excludes halogenated alkanes) is 11. The fourth-order valence-electron chi connectivity index (χ4n) is 2.52. The lowest BCUT2D eigenvalue weighted by Crippen LogP contribution is -1.98. The number of hydrogen-bond donors (Lipinski definition) is 1. The van der Waals surface area contributed by atoms with E-state index in [1.807, 2.05) is 0 Å². The van der Waals surface area contributed by atoms with Crippen molar-refractivity contribution in [3.63, 3.8) is 0 Å². The van der Waals surface area contributed by atoms with Gasteiger partial charge in [0.25, 0.3) is 0 Å². The van der Waals surface area contributed by atoms with Crippen molar-refractivity contribution < 1.29 is 9.90 Å². The van der Waals surface area contributed by atoms with Crippen molar-refractivity contribution >= 4 is 5.97 Å². The molecule has 0 heterocycles. The van der Waals surface area contributed by atoms with E-state index in [9.17, 15) is 4.79 Å². The summed E-state index contributed by atoms with van der Waals surface area (Å²) in [7, 11) is 0. The van der Waals surface area contributed by atoms with Crippen LogP contribution in [0.5, 0.6) is 0 Å². The smallest absolute Gasteiger partial charge is 0.330 e. The number of carbonyl (C=O) groups is 1. The summed E-state index contributed by atoms with van der Waals surface area (Å²) in [6.45, 7) is 5.81. The number of carboxylic acids is 1. The Morgan fingerprint density at radius 3 is 1.77 bits per heavy atom. The van der Waals surface area contributed by atoms with Crippen LogP contribution in [-0.4, -0.2) is 11.1 Å². The second kappa shape index (κ2) is 16.3. The van der Waals surface area contributed by atoms with E-state index in [4.69, 9.17) is 5.11 Å². The van der Waals surface area contributed by atoms with Crippen LogP contribution in [0.3, 0.4) is 0 Å². The minimum Gasteiger partial charge on any atom is -0.478 e. The van der Waals surface area contributed by atoms with Gasteiger partial charge in [-0.25, -0.2) is 4.79 Å². The highest BCUT2D eigenvalue weighted by Crippen LogP contribution is 2.11. The van der Waals surface area contributed by atoms with Crippen molar-refractivity contribution in [1.82, 2.24) is 0 Å². The van der Waals surface area contributed by atoms with Gasteiger partial charge in [-0.05, 0) is 38.5 Å². The predicted molar refractivity (Wildman–Crippen MR) is 96.2 cm³/mol. The summed E-state index contributed by atoms with van der Waals surface area (Å²) in [4.78, 5) is 10.6. The van der Waals surface area contributed by atoms with E-state index in [-0.39, 0.29) is 0 Å². The van der Waals surface area contributed by atoms with Gasteiger partial charge in [-0.1, -0.05) is 77.0 Å². The number of allylic oxidation sites excluding steroid dienone is 2. The fraction of sp³-hybridized carbons (Fsp3) is 0.750. The lowest BCUT2D eigenvalue weighted by Gasteiger charge is -2.01. The van der Waals surface area contributed by atoms with Gasteiger partial charge >= 0.3 is 5.97 Å². The minimum absolute atomic E-state index is 0.345. The van der Waals surface area contributed by atoms with Crippen molar-refractivity contribution in [2.75, 3.05) is 0 Å². The average Bonchev–Trinajstić information content (AvgIpc) is 2.50. The fourth-order valence-corrected chi connectivity index (χ4v) is 2.52. The molecule has 0 aliphatic carbocycles. The Hall–Kier alpha value is -1.05. The zero-order valence-electron chi connectivity index (χ0n) is 14.6. The molecule has 1 N–H and O–H groups in total. The van der Waals surface area contributed by atoms with Crippen LogP contribution in [0.2, 0.25) is 0 Å². The van der Waals surface area contributed by atoms with Crippen LogP contribution in [0.15, 0.2) is 24.3 Å². The van der Waals surface area contributed by atoms with Crippen molar-refractivity contribution in [1.29, 1.82) is 0 Å². The van der Waals surface area contributed by atoms with Gasteiger partial charge in [-0.3, -0.25) is 0 Å². The number of rotatable bonds is 16. The average molecular weight is 309 g/mol. The third-order valence-electron chi connectivity index (χ3n) is 4.04. The van der Waals surface area contributed by atoms with E-state index in [2.05, 4.69) is 25.7 Å². The van der Waals surface area contributed by atoms with E-state index in [1.54, 1.807) is 0 Å². The van der Waals surface area contributed by atoms with Gasteiger partial charge in [-0.15, -0.1) is 0 Å². The molecule has 0 aromatic heterocycles. The van der Waals surface area contributed by atoms with E-state index in [0.717, 1.165) is 12.8 Å². The molecule has 0 aliphatic rings. The van der Waals surface area contributed by atoms with Crippen molar-refractivity contribution in [2.24, 2.45) is 0 Å². The Morgan fingerprint density at radius 1 is 0.818 bits per heavy atom. The molecule has 2 nitrogen and oxygen atoms in total. The van der Waals surface area contributed by atoms with E-state index >= 15 is 0 Å². The van der Waals surface area contributed by atoms with Crippen molar-refractivity contribution in [2.45, 2.75) is 96.8 Å². The summed E-state index contributed by atoms with van der Waals surface area (Å²) in [5.74, 6) is -0.851. The molecule has 128 valence electrons. The summed E-state index contributed by atoms with van der Waals surface area (Å²) in [6.07, 6.45) is 21.8. The lowest BCUT2D eigenvalue weighted by molar-refractivity contribution is -0.132. The van der Waals surface area contributed by atoms with Crippen molar-refractivity contribution in [3.8, 4) is 0 Å². The maximum absolute atomic E-state index is 10.6. The van der Waals surface area contributed by atoms with E-state index in [0.29, 0.717) is 12.0 Å². The van der Waals surface area contributed by atoms with Gasteiger partial charge in [0, 0.05) is 5.57 Å². The summed E-state index contributed by atoms with van der Waals surface area (Å²) in [5.41, 5.74) is 0.345.